The van der Waals surface area contributed by atoms with Gasteiger partial charge in [0.15, 0.2) is 5.78 Å². The lowest BCUT2D eigenvalue weighted by molar-refractivity contribution is -0.115. The predicted molar refractivity (Wildman–Crippen MR) is 91.6 cm³/mol. The Bertz CT molecular complexity index is 648. The number of ketones is 1. The molecule has 0 aliphatic rings. The minimum absolute atomic E-state index is 0.0183. The molecule has 0 fully saturated rings. The molecule has 0 aliphatic heterocycles. The third kappa shape index (κ3) is 5.04. The largest absolute Gasteiger partial charge is 0.326 e. The van der Waals surface area contributed by atoms with Gasteiger partial charge in [0.05, 0.1) is 0 Å². The van der Waals surface area contributed by atoms with Crippen molar-refractivity contribution in [2.45, 2.75) is 25.2 Å². The van der Waals surface area contributed by atoms with Crippen molar-refractivity contribution < 1.29 is 9.59 Å². The number of carbonyl (C=O) groups is 2. The van der Waals surface area contributed by atoms with E-state index < -0.39 is 0 Å². The lowest BCUT2D eigenvalue weighted by Crippen LogP contribution is -2.12. The molecule has 1 amide bonds. The van der Waals surface area contributed by atoms with Crippen molar-refractivity contribution in [2.75, 3.05) is 11.1 Å². The molecule has 2 rings (SSSR count). The average Bonchev–Trinajstić information content (AvgIpc) is 2.50. The van der Waals surface area contributed by atoms with Crippen LogP contribution in [0, 0.1) is 6.92 Å². The van der Waals surface area contributed by atoms with Crippen LogP contribution < -0.4 is 5.32 Å². The summed E-state index contributed by atoms with van der Waals surface area (Å²) >= 11 is 1.67. The SMILES string of the molecule is CC(=O)c1ccc(NC(=O)CCSc2ccc(C)cc2)cc1. The number of aryl methyl sites for hydroxylation is 1. The third-order valence-corrected chi connectivity index (χ3v) is 4.21. The Morgan fingerprint density at radius 3 is 2.23 bits per heavy atom. The molecule has 2 aromatic rings. The highest BCUT2D eigenvalue weighted by Crippen LogP contribution is 2.19. The summed E-state index contributed by atoms with van der Waals surface area (Å²) in [7, 11) is 0. The van der Waals surface area contributed by atoms with Crippen LogP contribution in [0.25, 0.3) is 0 Å². The van der Waals surface area contributed by atoms with E-state index in [-0.39, 0.29) is 11.7 Å². The van der Waals surface area contributed by atoms with Crippen LogP contribution in [-0.2, 0) is 4.79 Å². The van der Waals surface area contributed by atoms with Crippen molar-refractivity contribution in [3.63, 3.8) is 0 Å². The molecule has 0 heterocycles. The zero-order valence-electron chi connectivity index (χ0n) is 12.8. The first-order valence-corrected chi connectivity index (χ1v) is 8.13. The maximum absolute atomic E-state index is 11.9. The summed E-state index contributed by atoms with van der Waals surface area (Å²) in [5.74, 6) is 0.739. The molecule has 0 saturated carbocycles. The van der Waals surface area contributed by atoms with Crippen molar-refractivity contribution in [1.82, 2.24) is 0 Å². The van der Waals surface area contributed by atoms with Gasteiger partial charge in [0.2, 0.25) is 5.91 Å². The number of anilines is 1. The summed E-state index contributed by atoms with van der Waals surface area (Å²) in [6.45, 7) is 3.58. The minimum atomic E-state index is -0.0183. The molecule has 0 spiro atoms. The van der Waals surface area contributed by atoms with Gasteiger partial charge in [-0.3, -0.25) is 9.59 Å². The molecule has 0 unspecified atom stereocenters. The summed E-state index contributed by atoms with van der Waals surface area (Å²) in [6, 6.07) is 15.2. The molecule has 2 aromatic carbocycles. The summed E-state index contributed by atoms with van der Waals surface area (Å²) in [5.41, 5.74) is 2.60. The first-order valence-electron chi connectivity index (χ1n) is 7.15. The Morgan fingerprint density at radius 1 is 1.00 bits per heavy atom. The van der Waals surface area contributed by atoms with Crippen molar-refractivity contribution in [3.8, 4) is 0 Å². The van der Waals surface area contributed by atoms with E-state index in [0.29, 0.717) is 12.0 Å². The second-order valence-corrected chi connectivity index (χ2v) is 6.26. The monoisotopic (exact) mass is 313 g/mol. The highest BCUT2D eigenvalue weighted by atomic mass is 32.2. The summed E-state index contributed by atoms with van der Waals surface area (Å²) in [5, 5.41) is 2.84. The van der Waals surface area contributed by atoms with Crippen LogP contribution in [0.4, 0.5) is 5.69 Å². The predicted octanol–water partition coefficient (Wildman–Crippen LogP) is 4.32. The van der Waals surface area contributed by atoms with Crippen LogP contribution >= 0.6 is 11.8 Å². The molecule has 114 valence electrons. The van der Waals surface area contributed by atoms with Crippen molar-refractivity contribution in [2.24, 2.45) is 0 Å². The van der Waals surface area contributed by atoms with E-state index in [1.807, 2.05) is 0 Å². The number of benzene rings is 2. The summed E-state index contributed by atoms with van der Waals surface area (Å²) in [4.78, 5) is 24.2. The summed E-state index contributed by atoms with van der Waals surface area (Å²) in [6.07, 6.45) is 0.451. The van der Waals surface area contributed by atoms with Crippen LogP contribution in [-0.4, -0.2) is 17.4 Å². The van der Waals surface area contributed by atoms with Gasteiger partial charge in [-0.15, -0.1) is 11.8 Å². The molecule has 1 N–H and O–H groups in total. The molecular formula is C18H19NO2S. The smallest absolute Gasteiger partial charge is 0.225 e. The molecule has 0 saturated heterocycles. The van der Waals surface area contributed by atoms with Crippen molar-refractivity contribution >= 4 is 29.1 Å². The summed E-state index contributed by atoms with van der Waals surface area (Å²) < 4.78 is 0. The van der Waals surface area contributed by atoms with Crippen molar-refractivity contribution in [3.05, 3.63) is 59.7 Å². The third-order valence-electron chi connectivity index (χ3n) is 3.19. The number of nitrogens with one attached hydrogen (secondary N) is 1. The van der Waals surface area contributed by atoms with Gasteiger partial charge in [-0.1, -0.05) is 17.7 Å². The number of rotatable bonds is 6. The fraction of sp³-hybridized carbons (Fsp3) is 0.222. The number of carbonyl (C=O) groups excluding carboxylic acids is 2. The average molecular weight is 313 g/mol. The molecule has 0 bridgehead atoms. The van der Waals surface area contributed by atoms with Gasteiger partial charge in [0.1, 0.15) is 0 Å². The Hall–Kier alpha value is -2.07. The van der Waals surface area contributed by atoms with E-state index in [0.717, 1.165) is 11.4 Å². The molecule has 0 radical (unpaired) electrons. The van der Waals surface area contributed by atoms with E-state index >= 15 is 0 Å². The fourth-order valence-electron chi connectivity index (χ4n) is 1.91. The Morgan fingerprint density at radius 2 is 1.64 bits per heavy atom. The van der Waals surface area contributed by atoms with Crippen LogP contribution in [0.5, 0.6) is 0 Å². The Labute approximate surface area is 135 Å². The first kappa shape index (κ1) is 16.3. The number of amides is 1. The Kier molecular flexibility index (Phi) is 5.78. The topological polar surface area (TPSA) is 46.2 Å². The minimum Gasteiger partial charge on any atom is -0.326 e. The van der Waals surface area contributed by atoms with Crippen LogP contribution in [0.15, 0.2) is 53.4 Å². The van der Waals surface area contributed by atoms with Crippen LogP contribution in [0.3, 0.4) is 0 Å². The molecule has 0 aliphatic carbocycles. The quantitative estimate of drug-likeness (QED) is 0.638. The van der Waals surface area contributed by atoms with Crippen molar-refractivity contribution in [1.29, 1.82) is 0 Å². The molecular weight excluding hydrogens is 294 g/mol. The molecule has 3 nitrogen and oxygen atoms in total. The zero-order valence-corrected chi connectivity index (χ0v) is 13.6. The number of Topliss-reactive ketones (excluding diaryl/α,β-unsaturated/α-hetero) is 1. The lowest BCUT2D eigenvalue weighted by atomic mass is 10.1. The van der Waals surface area contributed by atoms with Gasteiger partial charge in [-0.05, 0) is 50.2 Å². The van der Waals surface area contributed by atoms with Gasteiger partial charge in [-0.2, -0.15) is 0 Å². The van der Waals surface area contributed by atoms with E-state index in [9.17, 15) is 9.59 Å². The van der Waals surface area contributed by atoms with Crippen LogP contribution in [0.2, 0.25) is 0 Å². The maximum Gasteiger partial charge on any atom is 0.225 e. The van der Waals surface area contributed by atoms with Gasteiger partial charge in [0, 0.05) is 28.3 Å². The van der Waals surface area contributed by atoms with E-state index in [2.05, 4.69) is 36.5 Å². The highest BCUT2D eigenvalue weighted by Gasteiger charge is 2.04. The molecule has 22 heavy (non-hydrogen) atoms. The first-order chi connectivity index (χ1) is 10.5. The van der Waals surface area contributed by atoms with Gasteiger partial charge in [0.25, 0.3) is 0 Å². The number of hydrogen-bond acceptors (Lipinski definition) is 3. The van der Waals surface area contributed by atoms with E-state index in [4.69, 9.17) is 0 Å². The molecule has 0 aromatic heterocycles. The van der Waals surface area contributed by atoms with E-state index in [1.54, 1.807) is 36.0 Å². The second kappa shape index (κ2) is 7.80. The number of thioether (sulfide) groups is 1. The van der Waals surface area contributed by atoms with E-state index in [1.165, 1.54) is 17.4 Å². The maximum atomic E-state index is 11.9. The van der Waals surface area contributed by atoms with Gasteiger partial charge >= 0.3 is 0 Å². The van der Waals surface area contributed by atoms with Gasteiger partial charge < -0.3 is 5.32 Å². The normalized spacial score (nSPS) is 10.3. The molecule has 0 atom stereocenters. The lowest BCUT2D eigenvalue weighted by Gasteiger charge is -2.06. The molecule has 4 heteroatoms. The Balaban J connectivity index is 1.77. The van der Waals surface area contributed by atoms with Gasteiger partial charge in [-0.25, -0.2) is 0 Å². The van der Waals surface area contributed by atoms with Crippen LogP contribution in [0.1, 0.15) is 29.3 Å². The highest BCUT2D eigenvalue weighted by molar-refractivity contribution is 7.99. The zero-order chi connectivity index (χ0) is 15.9. The standard InChI is InChI=1S/C18H19NO2S/c1-13-3-9-17(10-4-13)22-12-11-18(21)19-16-7-5-15(6-8-16)14(2)20/h3-10H,11-12H2,1-2H3,(H,19,21). The fourth-order valence-corrected chi connectivity index (χ4v) is 2.76. The second-order valence-electron chi connectivity index (χ2n) is 5.09. The number of hydrogen-bond donors (Lipinski definition) is 1.